The molecular weight excluding hydrogens is 128 g/mol. The van der Waals surface area contributed by atoms with Crippen LogP contribution >= 0.6 is 0 Å². The Morgan fingerprint density at radius 1 is 1.30 bits per heavy atom. The van der Waals surface area contributed by atoms with E-state index in [9.17, 15) is 0 Å². The zero-order chi connectivity index (χ0) is 7.40. The Labute approximate surface area is 57.7 Å². The van der Waals surface area contributed by atoms with Crippen LogP contribution in [-0.2, 0) is 0 Å². The molecule has 0 aromatic heterocycles. The number of rotatable bonds is 0. The first-order valence-electron chi connectivity index (χ1n) is 2.67. The standard InChI is InChI=1S/C6H4N4/c7-5-1-3-6(4-2-5)9-10-8/h1-4H. The van der Waals surface area contributed by atoms with Crippen LogP contribution in [0.2, 0.25) is 0 Å². The number of hydrogen-bond donors (Lipinski definition) is 0. The monoisotopic (exact) mass is 132 g/mol. The van der Waals surface area contributed by atoms with Gasteiger partial charge in [0.2, 0.25) is 0 Å². The highest BCUT2D eigenvalue weighted by Gasteiger charge is 1.96. The van der Waals surface area contributed by atoms with Gasteiger partial charge in [-0.15, -0.1) is 0 Å². The molecule has 0 amide bonds. The summed E-state index contributed by atoms with van der Waals surface area (Å²) in [5.74, 6) is 0. The maximum absolute atomic E-state index is 8.79. The van der Waals surface area contributed by atoms with Gasteiger partial charge in [0.25, 0.3) is 5.39 Å². The van der Waals surface area contributed by atoms with Crippen LogP contribution in [0.1, 0.15) is 0 Å². The van der Waals surface area contributed by atoms with Gasteiger partial charge in [-0.1, -0.05) is 12.2 Å². The fourth-order valence-corrected chi connectivity index (χ4v) is 0.571. The average Bonchev–Trinajstić information content (AvgIpc) is 1.95. The van der Waals surface area contributed by atoms with Crippen molar-refractivity contribution in [1.82, 2.24) is 0 Å². The molecule has 0 unspecified atom stereocenters. The third-order valence-corrected chi connectivity index (χ3v) is 1.01. The molecule has 0 N–H and O–H groups in total. The molecule has 10 heavy (non-hydrogen) atoms. The Bertz CT molecular complexity index is 259. The smallest absolute Gasteiger partial charge is 0.339 e. The minimum absolute atomic E-state index is 0.164. The summed E-state index contributed by atoms with van der Waals surface area (Å²) < 4.78 is 0. The van der Waals surface area contributed by atoms with Crippen LogP contribution in [0.4, 0.5) is 0 Å². The van der Waals surface area contributed by atoms with E-state index in [-0.39, 0.29) is 5.71 Å². The van der Waals surface area contributed by atoms with Crippen molar-refractivity contribution in [2.45, 2.75) is 0 Å². The van der Waals surface area contributed by atoms with Gasteiger partial charge in [-0.2, -0.15) is 5.71 Å². The predicted octanol–water partition coefficient (Wildman–Crippen LogP) is 1.33. The second-order valence-corrected chi connectivity index (χ2v) is 1.71. The van der Waals surface area contributed by atoms with Crippen molar-refractivity contribution in [3.8, 4) is 0 Å². The normalized spacial score (nSPS) is 15.1. The van der Waals surface area contributed by atoms with Crippen molar-refractivity contribution in [3.05, 3.63) is 34.8 Å². The van der Waals surface area contributed by atoms with Gasteiger partial charge in [-0.05, 0) is 12.2 Å². The van der Waals surface area contributed by atoms with Crippen LogP contribution in [-0.4, -0.2) is 11.4 Å². The van der Waals surface area contributed by atoms with Crippen LogP contribution in [0.25, 0.3) is 10.5 Å². The van der Waals surface area contributed by atoms with Crippen molar-refractivity contribution >= 4 is 11.4 Å². The van der Waals surface area contributed by atoms with Crippen molar-refractivity contribution in [3.63, 3.8) is 0 Å². The first kappa shape index (κ1) is 6.36. The lowest BCUT2D eigenvalue weighted by Gasteiger charge is -2.01. The molecule has 0 heterocycles. The Morgan fingerprint density at radius 2 is 1.90 bits per heavy atom. The summed E-state index contributed by atoms with van der Waals surface area (Å²) in [6.07, 6.45) is 6.00. The van der Waals surface area contributed by atoms with Gasteiger partial charge in [0.05, 0.1) is 0 Å². The molecule has 0 atom stereocenters. The Hall–Kier alpha value is -1.76. The summed E-state index contributed by atoms with van der Waals surface area (Å²) >= 11 is 0. The summed E-state index contributed by atoms with van der Waals surface area (Å²) in [6, 6.07) is 0. The molecule has 0 saturated heterocycles. The van der Waals surface area contributed by atoms with Gasteiger partial charge >= 0.3 is 5.08 Å². The van der Waals surface area contributed by atoms with E-state index in [1.54, 1.807) is 0 Å². The maximum atomic E-state index is 8.79. The number of hydrogen-bond acceptors (Lipinski definition) is 2. The largest absolute Gasteiger partial charge is 0.804 e. The number of diazo groups is 1. The minimum Gasteiger partial charge on any atom is -0.804 e. The molecule has 0 saturated carbocycles. The van der Waals surface area contributed by atoms with Crippen LogP contribution in [0.15, 0.2) is 29.4 Å². The fraction of sp³-hybridized carbons (Fsp3) is 0. The minimum atomic E-state index is 0.164. The van der Waals surface area contributed by atoms with E-state index in [2.05, 4.69) is 10.2 Å². The van der Waals surface area contributed by atoms with Crippen molar-refractivity contribution in [2.75, 3.05) is 0 Å². The van der Waals surface area contributed by atoms with E-state index < -0.39 is 0 Å². The molecule has 0 radical (unpaired) electrons. The molecule has 0 aromatic rings. The van der Waals surface area contributed by atoms with E-state index in [0.717, 1.165) is 0 Å². The molecule has 4 heteroatoms. The van der Waals surface area contributed by atoms with Crippen LogP contribution in [0, 0.1) is 5.39 Å². The quantitative estimate of drug-likeness (QED) is 0.278. The van der Waals surface area contributed by atoms with Gasteiger partial charge in [-0.25, -0.2) is 0 Å². The summed E-state index contributed by atoms with van der Waals surface area (Å²) in [4.78, 5) is 0. The first-order valence-corrected chi connectivity index (χ1v) is 2.67. The van der Waals surface area contributed by atoms with Gasteiger partial charge in [-0.3, -0.25) is 0 Å². The van der Waals surface area contributed by atoms with Crippen molar-refractivity contribution < 1.29 is 0 Å². The molecule has 4 nitrogen and oxygen atoms in total. The highest BCUT2D eigenvalue weighted by atomic mass is 15.2. The zero-order valence-electron chi connectivity index (χ0n) is 5.10. The summed E-state index contributed by atoms with van der Waals surface area (Å²) in [5, 5.41) is 22.7. The number of nitrogens with zero attached hydrogens (tertiary/aromatic N) is 4. The predicted molar refractivity (Wildman–Crippen MR) is 39.2 cm³/mol. The number of allylic oxidation sites excluding steroid dienone is 4. The van der Waals surface area contributed by atoms with Crippen molar-refractivity contribution in [1.29, 1.82) is 5.39 Å². The Kier molecular flexibility index (Phi) is 1.71. The van der Waals surface area contributed by atoms with Gasteiger partial charge in [0.15, 0.2) is 10.8 Å². The highest BCUT2D eigenvalue weighted by Crippen LogP contribution is 1.95. The van der Waals surface area contributed by atoms with Crippen LogP contribution < -0.4 is 0 Å². The molecule has 0 spiro atoms. The van der Waals surface area contributed by atoms with Crippen molar-refractivity contribution in [2.24, 2.45) is 5.10 Å². The molecule has 0 bridgehead atoms. The third-order valence-electron chi connectivity index (χ3n) is 1.01. The first-order chi connectivity index (χ1) is 4.83. The SMILES string of the molecule is N#[N+]N=C1C=CC(=[N-])C=C1. The summed E-state index contributed by atoms with van der Waals surface area (Å²) in [7, 11) is 0. The maximum Gasteiger partial charge on any atom is 0.339 e. The lowest BCUT2D eigenvalue weighted by Crippen LogP contribution is -1.96. The van der Waals surface area contributed by atoms with E-state index in [1.165, 1.54) is 24.3 Å². The molecular formula is C6H4N4. The molecule has 1 aliphatic carbocycles. The highest BCUT2D eigenvalue weighted by molar-refractivity contribution is 6.19. The van der Waals surface area contributed by atoms with E-state index in [0.29, 0.717) is 5.71 Å². The second kappa shape index (κ2) is 2.69. The lowest BCUT2D eigenvalue weighted by atomic mass is 10.1. The van der Waals surface area contributed by atoms with Gasteiger partial charge in [0, 0.05) is 0 Å². The fourth-order valence-electron chi connectivity index (χ4n) is 0.571. The average molecular weight is 132 g/mol. The van der Waals surface area contributed by atoms with Gasteiger partial charge < -0.3 is 5.41 Å². The molecule has 1 rings (SSSR count). The van der Waals surface area contributed by atoms with Gasteiger partial charge in [0.1, 0.15) is 0 Å². The topological polar surface area (TPSA) is 62.8 Å². The Balaban J connectivity index is 2.83. The molecule has 0 aliphatic heterocycles. The lowest BCUT2D eigenvalue weighted by molar-refractivity contribution is 1.35. The zero-order valence-corrected chi connectivity index (χ0v) is 5.10. The summed E-state index contributed by atoms with van der Waals surface area (Å²) in [6.45, 7) is 0. The van der Waals surface area contributed by atoms with E-state index in [4.69, 9.17) is 10.8 Å². The summed E-state index contributed by atoms with van der Waals surface area (Å²) in [5.41, 5.74) is 0.664. The van der Waals surface area contributed by atoms with E-state index >= 15 is 0 Å². The molecule has 1 aliphatic rings. The molecule has 0 aromatic carbocycles. The third kappa shape index (κ3) is 1.36. The van der Waals surface area contributed by atoms with E-state index in [1.807, 2.05) is 0 Å². The van der Waals surface area contributed by atoms with Crippen LogP contribution in [0.5, 0.6) is 0 Å². The molecule has 48 valence electrons. The second-order valence-electron chi connectivity index (χ2n) is 1.71. The van der Waals surface area contributed by atoms with Crippen LogP contribution in [0.3, 0.4) is 0 Å². The Morgan fingerprint density at radius 3 is 2.40 bits per heavy atom. The molecule has 0 fully saturated rings.